The second kappa shape index (κ2) is 7.16. The molecule has 0 amide bonds. The summed E-state index contributed by atoms with van der Waals surface area (Å²) in [5.41, 5.74) is 0.783. The molecule has 2 rings (SSSR count). The maximum Gasteiger partial charge on any atom is 0.133 e. The van der Waals surface area contributed by atoms with Crippen molar-refractivity contribution in [2.45, 2.75) is 58.4 Å². The van der Waals surface area contributed by atoms with E-state index < -0.39 is 5.82 Å². The molecule has 0 radical (unpaired) electrons. The van der Waals surface area contributed by atoms with E-state index in [1.165, 1.54) is 31.4 Å². The van der Waals surface area contributed by atoms with Crippen LogP contribution in [0.25, 0.3) is 0 Å². The van der Waals surface area contributed by atoms with Crippen LogP contribution in [0.5, 0.6) is 0 Å². The molecule has 1 atom stereocenters. The number of hydrogen-bond acceptors (Lipinski definition) is 1. The monoisotopic (exact) mass is 281 g/mol. The first kappa shape index (κ1) is 15.4. The Morgan fingerprint density at radius 1 is 1.20 bits per heavy atom. The first-order valence-corrected chi connectivity index (χ1v) is 7.83. The first-order chi connectivity index (χ1) is 9.65. The van der Waals surface area contributed by atoms with Gasteiger partial charge < -0.3 is 5.32 Å². The average Bonchev–Trinajstić information content (AvgIpc) is 2.47. The Balaban J connectivity index is 2.32. The van der Waals surface area contributed by atoms with E-state index in [1.807, 2.05) is 0 Å². The van der Waals surface area contributed by atoms with Gasteiger partial charge in [-0.05, 0) is 50.3 Å². The number of benzene rings is 1. The largest absolute Gasteiger partial charge is 0.310 e. The number of rotatable bonds is 5. The quantitative estimate of drug-likeness (QED) is 0.810. The van der Waals surface area contributed by atoms with E-state index >= 15 is 0 Å². The lowest BCUT2D eigenvalue weighted by Gasteiger charge is -2.32. The molecule has 1 aromatic carbocycles. The Bertz CT molecular complexity index is 439. The molecule has 0 heterocycles. The van der Waals surface area contributed by atoms with Gasteiger partial charge in [-0.2, -0.15) is 0 Å². The zero-order chi connectivity index (χ0) is 14.5. The van der Waals surface area contributed by atoms with Crippen LogP contribution in [-0.4, -0.2) is 6.54 Å². The zero-order valence-corrected chi connectivity index (χ0v) is 12.5. The Morgan fingerprint density at radius 3 is 2.55 bits per heavy atom. The predicted molar refractivity (Wildman–Crippen MR) is 78.7 cm³/mol. The molecule has 3 heteroatoms. The third-order valence-corrected chi connectivity index (χ3v) is 4.37. The van der Waals surface area contributed by atoms with Crippen molar-refractivity contribution < 1.29 is 8.78 Å². The van der Waals surface area contributed by atoms with Gasteiger partial charge in [-0.25, -0.2) is 8.78 Å². The van der Waals surface area contributed by atoms with Crippen LogP contribution in [0.15, 0.2) is 12.1 Å². The van der Waals surface area contributed by atoms with Gasteiger partial charge in [0, 0.05) is 11.6 Å². The Hall–Kier alpha value is -0.960. The summed E-state index contributed by atoms with van der Waals surface area (Å²) in [5, 5.41) is 3.38. The second-order valence-electron chi connectivity index (χ2n) is 5.92. The smallest absolute Gasteiger partial charge is 0.133 e. The molecule has 1 unspecified atom stereocenters. The molecule has 0 aliphatic heterocycles. The first-order valence-electron chi connectivity index (χ1n) is 7.83. The summed E-state index contributed by atoms with van der Waals surface area (Å²) in [5.74, 6) is -0.433. The number of aryl methyl sites for hydroxylation is 1. The van der Waals surface area contributed by atoms with E-state index in [4.69, 9.17) is 0 Å². The molecule has 20 heavy (non-hydrogen) atoms. The van der Waals surface area contributed by atoms with Crippen molar-refractivity contribution in [2.24, 2.45) is 5.92 Å². The molecule has 1 aliphatic carbocycles. The second-order valence-corrected chi connectivity index (χ2v) is 5.92. The van der Waals surface area contributed by atoms with E-state index in [0.717, 1.165) is 25.8 Å². The molecule has 1 aliphatic rings. The van der Waals surface area contributed by atoms with E-state index in [-0.39, 0.29) is 17.4 Å². The van der Waals surface area contributed by atoms with Gasteiger partial charge >= 0.3 is 0 Å². The lowest BCUT2D eigenvalue weighted by atomic mass is 9.80. The van der Waals surface area contributed by atoms with Crippen molar-refractivity contribution in [1.82, 2.24) is 5.32 Å². The Kier molecular flexibility index (Phi) is 5.53. The van der Waals surface area contributed by atoms with Crippen LogP contribution in [0.1, 0.15) is 62.6 Å². The minimum atomic E-state index is -0.410. The van der Waals surface area contributed by atoms with Crippen LogP contribution < -0.4 is 5.32 Å². The third-order valence-electron chi connectivity index (χ3n) is 4.37. The summed E-state index contributed by atoms with van der Waals surface area (Å²) < 4.78 is 28.6. The normalized spacial score (nSPS) is 18.2. The van der Waals surface area contributed by atoms with Crippen molar-refractivity contribution in [2.75, 3.05) is 6.54 Å². The lowest BCUT2D eigenvalue weighted by molar-refractivity contribution is 0.261. The van der Waals surface area contributed by atoms with Crippen LogP contribution >= 0.6 is 0 Å². The summed E-state index contributed by atoms with van der Waals surface area (Å²) in [6.45, 7) is 4.58. The Labute approximate surface area is 120 Å². The fourth-order valence-corrected chi connectivity index (χ4v) is 3.24. The fourth-order valence-electron chi connectivity index (χ4n) is 3.24. The minimum Gasteiger partial charge on any atom is -0.310 e. The third kappa shape index (κ3) is 3.38. The lowest BCUT2D eigenvalue weighted by Crippen LogP contribution is -2.32. The van der Waals surface area contributed by atoms with Gasteiger partial charge in [-0.15, -0.1) is 0 Å². The van der Waals surface area contributed by atoms with Crippen molar-refractivity contribution in [3.05, 3.63) is 34.9 Å². The van der Waals surface area contributed by atoms with Crippen LogP contribution in [0.2, 0.25) is 0 Å². The summed E-state index contributed by atoms with van der Waals surface area (Å²) in [6.07, 6.45) is 6.69. The highest BCUT2D eigenvalue weighted by Gasteiger charge is 2.29. The van der Waals surface area contributed by atoms with Crippen molar-refractivity contribution in [3.8, 4) is 0 Å². The maximum absolute atomic E-state index is 14.4. The van der Waals surface area contributed by atoms with Crippen molar-refractivity contribution >= 4 is 0 Å². The number of halogens is 2. The van der Waals surface area contributed by atoms with Gasteiger partial charge in [0.15, 0.2) is 0 Å². The van der Waals surface area contributed by atoms with E-state index in [0.29, 0.717) is 11.5 Å². The van der Waals surface area contributed by atoms with Gasteiger partial charge in [-0.1, -0.05) is 32.3 Å². The van der Waals surface area contributed by atoms with Crippen molar-refractivity contribution in [3.63, 3.8) is 0 Å². The van der Waals surface area contributed by atoms with Crippen LogP contribution in [0, 0.1) is 24.5 Å². The molecular formula is C17H25F2N. The molecule has 0 spiro atoms. The highest BCUT2D eigenvalue weighted by atomic mass is 19.1. The molecule has 0 aromatic heterocycles. The summed E-state index contributed by atoms with van der Waals surface area (Å²) in [7, 11) is 0. The molecule has 1 saturated carbocycles. The summed E-state index contributed by atoms with van der Waals surface area (Å²) in [6, 6.07) is 2.73. The standard InChI is InChI=1S/C17H25F2N/c1-3-11-20-17(13-7-5-4-6-8-13)15-14(18)10-9-12(2)16(15)19/h9-10,13,17,20H,3-8,11H2,1-2H3. The highest BCUT2D eigenvalue weighted by Crippen LogP contribution is 2.37. The number of nitrogens with one attached hydrogen (secondary N) is 1. The van der Waals surface area contributed by atoms with E-state index in [2.05, 4.69) is 12.2 Å². The SMILES string of the molecule is CCCNC(c1c(F)ccc(C)c1F)C1CCCCC1. The molecule has 0 saturated heterocycles. The van der Waals surface area contributed by atoms with E-state index in [9.17, 15) is 8.78 Å². The molecular weight excluding hydrogens is 256 g/mol. The van der Waals surface area contributed by atoms with E-state index in [1.54, 1.807) is 6.92 Å². The summed E-state index contributed by atoms with van der Waals surface area (Å²) in [4.78, 5) is 0. The molecule has 1 nitrogen and oxygen atoms in total. The average molecular weight is 281 g/mol. The maximum atomic E-state index is 14.4. The fraction of sp³-hybridized carbons (Fsp3) is 0.647. The molecule has 1 aromatic rings. The topological polar surface area (TPSA) is 12.0 Å². The Morgan fingerprint density at radius 2 is 1.90 bits per heavy atom. The molecule has 112 valence electrons. The van der Waals surface area contributed by atoms with Gasteiger partial charge in [0.1, 0.15) is 11.6 Å². The molecule has 0 bridgehead atoms. The van der Waals surface area contributed by atoms with Gasteiger partial charge in [0.05, 0.1) is 0 Å². The van der Waals surface area contributed by atoms with Gasteiger partial charge in [-0.3, -0.25) is 0 Å². The molecule has 1 fully saturated rings. The highest BCUT2D eigenvalue weighted by molar-refractivity contribution is 5.30. The zero-order valence-electron chi connectivity index (χ0n) is 12.5. The van der Waals surface area contributed by atoms with Crippen LogP contribution in [0.4, 0.5) is 8.78 Å². The number of hydrogen-bond donors (Lipinski definition) is 1. The summed E-state index contributed by atoms with van der Waals surface area (Å²) >= 11 is 0. The molecule has 1 N–H and O–H groups in total. The van der Waals surface area contributed by atoms with Gasteiger partial charge in [0.25, 0.3) is 0 Å². The van der Waals surface area contributed by atoms with Crippen molar-refractivity contribution in [1.29, 1.82) is 0 Å². The van der Waals surface area contributed by atoms with Crippen LogP contribution in [0.3, 0.4) is 0 Å². The minimum absolute atomic E-state index is 0.185. The predicted octanol–water partition coefficient (Wildman–Crippen LogP) is 4.89. The van der Waals surface area contributed by atoms with Crippen LogP contribution in [-0.2, 0) is 0 Å². The van der Waals surface area contributed by atoms with Gasteiger partial charge in [0.2, 0.25) is 0 Å².